The number of carboxylic acids is 1. The molecule has 0 saturated heterocycles. The number of carboxylic acid groups (broad SMARTS) is 1. The molecule has 2 rings (SSSR count). The number of methoxy groups -OCH3 is 1. The molecule has 0 amide bonds. The molecule has 0 fully saturated rings. The van der Waals surface area contributed by atoms with Crippen LogP contribution >= 0.6 is 0 Å². The van der Waals surface area contributed by atoms with E-state index < -0.39 is 5.97 Å². The van der Waals surface area contributed by atoms with E-state index in [2.05, 4.69) is 6.58 Å². The highest BCUT2D eigenvalue weighted by atomic mass is 16.5. The summed E-state index contributed by atoms with van der Waals surface area (Å²) >= 11 is 0. The fraction of sp³-hybridized carbons (Fsp3) is 0.217. The van der Waals surface area contributed by atoms with Crippen LogP contribution in [0.4, 0.5) is 0 Å². The Kier molecular flexibility index (Phi) is 8.03. The Bertz CT molecular complexity index is 896. The van der Waals surface area contributed by atoms with E-state index in [1.54, 1.807) is 42.5 Å². The number of allylic oxidation sites excluding steroid dienone is 2. The Morgan fingerprint density at radius 2 is 1.90 bits per heavy atom. The summed E-state index contributed by atoms with van der Waals surface area (Å²) < 4.78 is 10.7. The molecule has 29 heavy (non-hydrogen) atoms. The van der Waals surface area contributed by atoms with Gasteiger partial charge in [0.05, 0.1) is 13.7 Å². The van der Waals surface area contributed by atoms with Crippen molar-refractivity contribution in [2.45, 2.75) is 19.3 Å². The summed E-state index contributed by atoms with van der Waals surface area (Å²) in [7, 11) is 1.50. The van der Waals surface area contributed by atoms with Gasteiger partial charge in [-0.3, -0.25) is 9.59 Å². The quantitative estimate of drug-likeness (QED) is 0.255. The summed E-state index contributed by atoms with van der Waals surface area (Å²) in [6, 6.07) is 9.91. The average molecular weight is 396 g/mol. The van der Waals surface area contributed by atoms with Crippen molar-refractivity contribution in [2.75, 3.05) is 13.7 Å². The fourth-order valence-corrected chi connectivity index (χ4v) is 2.65. The Morgan fingerprint density at radius 3 is 2.52 bits per heavy atom. The number of carbonyl (C=O) groups excluding carboxylic acids is 1. The van der Waals surface area contributed by atoms with Crippen LogP contribution in [0.5, 0.6) is 17.2 Å². The summed E-state index contributed by atoms with van der Waals surface area (Å²) in [5.74, 6) is 0.102. The highest BCUT2D eigenvalue weighted by Crippen LogP contribution is 2.30. The van der Waals surface area contributed by atoms with Crippen molar-refractivity contribution in [3.8, 4) is 17.2 Å². The third-order valence-corrected chi connectivity index (χ3v) is 4.15. The SMILES string of the molecule is C=CCc1cc(/C=C/C(=O)c2ccc(OCCCC(=O)O)cc2)c(OC)cc1O. The van der Waals surface area contributed by atoms with Crippen LogP contribution in [-0.4, -0.2) is 35.7 Å². The lowest BCUT2D eigenvalue weighted by Crippen LogP contribution is -2.02. The zero-order chi connectivity index (χ0) is 21.2. The molecule has 2 aromatic carbocycles. The molecule has 0 spiro atoms. The zero-order valence-corrected chi connectivity index (χ0v) is 16.3. The maximum absolute atomic E-state index is 12.4. The van der Waals surface area contributed by atoms with E-state index in [-0.39, 0.29) is 18.0 Å². The van der Waals surface area contributed by atoms with Crippen molar-refractivity contribution in [1.82, 2.24) is 0 Å². The highest BCUT2D eigenvalue weighted by Gasteiger charge is 2.09. The number of ether oxygens (including phenoxy) is 2. The van der Waals surface area contributed by atoms with Crippen LogP contribution in [0, 0.1) is 0 Å². The first-order valence-corrected chi connectivity index (χ1v) is 9.12. The summed E-state index contributed by atoms with van der Waals surface area (Å²) in [4.78, 5) is 22.9. The van der Waals surface area contributed by atoms with Crippen molar-refractivity contribution in [1.29, 1.82) is 0 Å². The number of phenolic OH excluding ortho intramolecular Hbond substituents is 1. The van der Waals surface area contributed by atoms with Crippen molar-refractivity contribution in [3.05, 3.63) is 71.8 Å². The zero-order valence-electron chi connectivity index (χ0n) is 16.3. The molecule has 0 aliphatic carbocycles. The van der Waals surface area contributed by atoms with Gasteiger partial charge in [0.15, 0.2) is 5.78 Å². The number of hydrogen-bond donors (Lipinski definition) is 2. The monoisotopic (exact) mass is 396 g/mol. The molecule has 0 bridgehead atoms. The summed E-state index contributed by atoms with van der Waals surface area (Å²) in [6.45, 7) is 3.97. The van der Waals surface area contributed by atoms with E-state index in [9.17, 15) is 14.7 Å². The van der Waals surface area contributed by atoms with E-state index in [1.165, 1.54) is 19.3 Å². The van der Waals surface area contributed by atoms with Gasteiger partial charge in [-0.25, -0.2) is 0 Å². The van der Waals surface area contributed by atoms with Gasteiger partial charge in [-0.2, -0.15) is 0 Å². The van der Waals surface area contributed by atoms with Crippen LogP contribution in [0.25, 0.3) is 6.08 Å². The highest BCUT2D eigenvalue weighted by molar-refractivity contribution is 6.07. The predicted octanol–water partition coefficient (Wildman–Crippen LogP) is 4.27. The van der Waals surface area contributed by atoms with Crippen molar-refractivity contribution in [3.63, 3.8) is 0 Å². The van der Waals surface area contributed by atoms with Gasteiger partial charge in [0.1, 0.15) is 17.2 Å². The second-order valence-corrected chi connectivity index (χ2v) is 6.28. The largest absolute Gasteiger partial charge is 0.508 e. The molecule has 0 heterocycles. The molecule has 0 unspecified atom stereocenters. The van der Waals surface area contributed by atoms with Gasteiger partial charge < -0.3 is 19.7 Å². The average Bonchev–Trinajstić information content (AvgIpc) is 2.71. The second-order valence-electron chi connectivity index (χ2n) is 6.28. The van der Waals surface area contributed by atoms with E-state index in [1.807, 2.05) is 0 Å². The second kappa shape index (κ2) is 10.7. The van der Waals surface area contributed by atoms with Crippen LogP contribution in [0.2, 0.25) is 0 Å². The first-order chi connectivity index (χ1) is 13.9. The number of hydrogen-bond acceptors (Lipinski definition) is 5. The van der Waals surface area contributed by atoms with E-state index in [0.717, 1.165) is 0 Å². The smallest absolute Gasteiger partial charge is 0.303 e. The fourth-order valence-electron chi connectivity index (χ4n) is 2.65. The minimum Gasteiger partial charge on any atom is -0.508 e. The van der Waals surface area contributed by atoms with Crippen molar-refractivity contribution >= 4 is 17.8 Å². The van der Waals surface area contributed by atoms with Crippen molar-refractivity contribution in [2.24, 2.45) is 0 Å². The van der Waals surface area contributed by atoms with Crippen molar-refractivity contribution < 1.29 is 29.3 Å². The molecule has 2 aromatic rings. The standard InChI is InChI=1S/C23H24O6/c1-3-5-17-14-18(22(28-2)15-21(17)25)9-12-20(24)16-7-10-19(11-8-16)29-13-4-6-23(26)27/h3,7-12,14-15,25H,1,4-6,13H2,2H3,(H,26,27)/b12-9+. The molecule has 6 heteroatoms. The predicted molar refractivity (Wildman–Crippen MR) is 111 cm³/mol. The third-order valence-electron chi connectivity index (χ3n) is 4.15. The van der Waals surface area contributed by atoms with Gasteiger partial charge in [0.25, 0.3) is 0 Å². The first-order valence-electron chi connectivity index (χ1n) is 9.12. The van der Waals surface area contributed by atoms with E-state index >= 15 is 0 Å². The van der Waals surface area contributed by atoms with Gasteiger partial charge in [-0.05, 0) is 60.9 Å². The molecule has 0 aliphatic heterocycles. The van der Waals surface area contributed by atoms with Crippen LogP contribution < -0.4 is 9.47 Å². The first kappa shape index (κ1) is 21.8. The Balaban J connectivity index is 2.06. The Hall–Kier alpha value is -3.54. The number of aromatic hydroxyl groups is 1. The van der Waals surface area contributed by atoms with Gasteiger partial charge >= 0.3 is 5.97 Å². The number of rotatable bonds is 11. The van der Waals surface area contributed by atoms with Crippen LogP contribution in [-0.2, 0) is 11.2 Å². The number of benzene rings is 2. The number of ketones is 1. The van der Waals surface area contributed by atoms with Crippen LogP contribution in [0.3, 0.4) is 0 Å². The molecule has 0 aliphatic rings. The molecule has 0 aromatic heterocycles. The molecule has 0 saturated carbocycles. The third kappa shape index (κ3) is 6.53. The molecule has 0 radical (unpaired) electrons. The van der Waals surface area contributed by atoms with Gasteiger partial charge in [-0.1, -0.05) is 6.08 Å². The molecule has 2 N–H and O–H groups in total. The summed E-state index contributed by atoms with van der Waals surface area (Å²) in [5, 5.41) is 18.6. The van der Waals surface area contributed by atoms with Crippen LogP contribution in [0.1, 0.15) is 34.3 Å². The number of phenols is 1. The number of carbonyl (C=O) groups is 2. The number of aliphatic carboxylic acids is 1. The Labute approximate surface area is 169 Å². The lowest BCUT2D eigenvalue weighted by Gasteiger charge is -2.09. The van der Waals surface area contributed by atoms with Crippen LogP contribution in [0.15, 0.2) is 55.1 Å². The topological polar surface area (TPSA) is 93.1 Å². The lowest BCUT2D eigenvalue weighted by atomic mass is 10.0. The molecular formula is C23H24O6. The lowest BCUT2D eigenvalue weighted by molar-refractivity contribution is -0.137. The Morgan fingerprint density at radius 1 is 1.17 bits per heavy atom. The normalized spacial score (nSPS) is 10.7. The molecule has 0 atom stereocenters. The van der Waals surface area contributed by atoms with Gasteiger partial charge in [0, 0.05) is 23.6 Å². The molecule has 6 nitrogen and oxygen atoms in total. The van der Waals surface area contributed by atoms with E-state index in [0.29, 0.717) is 47.6 Å². The van der Waals surface area contributed by atoms with E-state index in [4.69, 9.17) is 14.6 Å². The minimum absolute atomic E-state index is 0.0522. The summed E-state index contributed by atoms with van der Waals surface area (Å²) in [6.07, 6.45) is 5.74. The molecule has 152 valence electrons. The summed E-state index contributed by atoms with van der Waals surface area (Å²) in [5.41, 5.74) is 1.86. The van der Waals surface area contributed by atoms with Gasteiger partial charge in [-0.15, -0.1) is 6.58 Å². The maximum Gasteiger partial charge on any atom is 0.303 e. The minimum atomic E-state index is -0.858. The molecular weight excluding hydrogens is 372 g/mol. The maximum atomic E-state index is 12.4. The van der Waals surface area contributed by atoms with Gasteiger partial charge in [0.2, 0.25) is 0 Å².